The average molecular weight is 486 g/mol. The number of rotatable bonds is 3. The summed E-state index contributed by atoms with van der Waals surface area (Å²) in [5.74, 6) is -1.47. The van der Waals surface area contributed by atoms with Crippen molar-refractivity contribution < 1.29 is 18.3 Å². The van der Waals surface area contributed by atoms with Gasteiger partial charge in [0.1, 0.15) is 18.2 Å². The van der Waals surface area contributed by atoms with Crippen LogP contribution in [-0.2, 0) is 7.05 Å². The van der Waals surface area contributed by atoms with Gasteiger partial charge in [0.25, 0.3) is 5.91 Å². The third-order valence-corrected chi connectivity index (χ3v) is 6.67. The predicted octanol–water partition coefficient (Wildman–Crippen LogP) is 4.25. The summed E-state index contributed by atoms with van der Waals surface area (Å²) in [6, 6.07) is 11.4. The van der Waals surface area contributed by atoms with Gasteiger partial charge in [0.2, 0.25) is 5.95 Å². The third kappa shape index (κ3) is 3.25. The summed E-state index contributed by atoms with van der Waals surface area (Å²) in [5, 5.41) is 5.78. The second-order valence-electron chi connectivity index (χ2n) is 8.72. The van der Waals surface area contributed by atoms with E-state index in [0.29, 0.717) is 28.2 Å². The van der Waals surface area contributed by atoms with Crippen molar-refractivity contribution in [2.75, 3.05) is 19.4 Å². The van der Waals surface area contributed by atoms with Crippen LogP contribution in [0.2, 0.25) is 0 Å². The van der Waals surface area contributed by atoms with Crippen molar-refractivity contribution >= 4 is 33.5 Å². The fraction of sp³-hybridized carbons (Fsp3) is 0.154. The Morgan fingerprint density at radius 1 is 1.17 bits per heavy atom. The molecule has 1 aliphatic rings. The van der Waals surface area contributed by atoms with Crippen LogP contribution in [0.3, 0.4) is 0 Å². The number of ether oxygens (including phenoxy) is 1. The molecule has 1 atom stereocenters. The number of nitrogens with zero attached hydrogens (tertiary/aromatic N) is 5. The monoisotopic (exact) mass is 486 g/mol. The highest BCUT2D eigenvalue weighted by molar-refractivity contribution is 6.10. The maximum Gasteiger partial charge on any atom is 0.254 e. The first-order valence-electron chi connectivity index (χ1n) is 11.2. The minimum Gasteiger partial charge on any atom is -0.491 e. The number of halogens is 2. The molecule has 3 aromatic heterocycles. The van der Waals surface area contributed by atoms with Gasteiger partial charge in [-0.1, -0.05) is 12.1 Å². The van der Waals surface area contributed by atoms with E-state index >= 15 is 0 Å². The molecule has 0 bridgehead atoms. The number of carbonyl (C=O) groups excluding carboxylic acids is 1. The minimum atomic E-state index is -1.16. The van der Waals surface area contributed by atoms with Crippen molar-refractivity contribution in [1.82, 2.24) is 24.6 Å². The molecule has 36 heavy (non-hydrogen) atoms. The lowest BCUT2D eigenvalue weighted by molar-refractivity contribution is 0.0708. The van der Waals surface area contributed by atoms with Crippen molar-refractivity contribution in [3.8, 4) is 16.9 Å². The van der Waals surface area contributed by atoms with E-state index in [-0.39, 0.29) is 24.1 Å². The average Bonchev–Trinajstić information content (AvgIpc) is 3.48. The zero-order valence-electron chi connectivity index (χ0n) is 19.4. The quantitative estimate of drug-likeness (QED) is 0.383. The first-order valence-corrected chi connectivity index (χ1v) is 11.2. The van der Waals surface area contributed by atoms with Crippen molar-refractivity contribution in [3.05, 3.63) is 77.8 Å². The number of amides is 1. The molecule has 0 spiro atoms. The number of nitrogen functional groups attached to an aromatic ring is 1. The molecular formula is C26H20F2N6O2. The number of hydrogen-bond donors (Lipinski definition) is 1. The van der Waals surface area contributed by atoms with Gasteiger partial charge in [0.05, 0.1) is 28.7 Å². The van der Waals surface area contributed by atoms with Crippen molar-refractivity contribution in [2.24, 2.45) is 7.05 Å². The summed E-state index contributed by atoms with van der Waals surface area (Å²) >= 11 is 0. The number of anilines is 1. The fourth-order valence-electron chi connectivity index (χ4n) is 4.76. The standard InChI is InChI=1S/C26H20F2N6O2/c1-33(20-12-36-21-10-13(3-5-16(20)21)15-7-8-30-24(28)22(15)27)26(35)14-4-6-19-17(9-14)23-18(25(29)32-19)11-31-34(23)2/h3-11,20H,12H2,1-2H3,(H2,29,32)/t20-/m1/s1. The van der Waals surface area contributed by atoms with E-state index in [1.807, 2.05) is 7.05 Å². The number of pyridine rings is 2. The van der Waals surface area contributed by atoms with E-state index in [4.69, 9.17) is 10.5 Å². The molecule has 2 aromatic carbocycles. The molecule has 2 N–H and O–H groups in total. The number of benzene rings is 2. The lowest BCUT2D eigenvalue weighted by Crippen LogP contribution is -2.32. The van der Waals surface area contributed by atoms with E-state index in [1.165, 1.54) is 12.3 Å². The molecule has 0 saturated carbocycles. The van der Waals surface area contributed by atoms with Crippen LogP contribution in [-0.4, -0.2) is 44.2 Å². The molecule has 10 heteroatoms. The van der Waals surface area contributed by atoms with E-state index in [0.717, 1.165) is 21.9 Å². The fourth-order valence-corrected chi connectivity index (χ4v) is 4.76. The summed E-state index contributed by atoms with van der Waals surface area (Å²) in [7, 11) is 3.53. The van der Waals surface area contributed by atoms with Crippen molar-refractivity contribution in [2.45, 2.75) is 6.04 Å². The maximum atomic E-state index is 14.2. The van der Waals surface area contributed by atoms with Gasteiger partial charge in [-0.15, -0.1) is 0 Å². The Morgan fingerprint density at radius 2 is 2.00 bits per heavy atom. The highest BCUT2D eigenvalue weighted by Crippen LogP contribution is 2.39. The number of carbonyl (C=O) groups is 1. The summed E-state index contributed by atoms with van der Waals surface area (Å²) < 4.78 is 35.4. The number of aryl methyl sites for hydroxylation is 1. The molecule has 5 aromatic rings. The zero-order chi connectivity index (χ0) is 25.1. The molecule has 1 aliphatic heterocycles. The SMILES string of the molecule is CN(C(=O)c1ccc2nc(N)c3cnn(C)c3c2c1)[C@@H]1COc2cc(-c3ccnc(F)c3F)ccc21. The Bertz CT molecular complexity index is 1700. The lowest BCUT2D eigenvalue weighted by Gasteiger charge is -2.24. The zero-order valence-corrected chi connectivity index (χ0v) is 19.4. The molecule has 0 fully saturated rings. The Kier molecular flexibility index (Phi) is 4.85. The molecule has 4 heterocycles. The van der Waals surface area contributed by atoms with Crippen LogP contribution in [0, 0.1) is 11.8 Å². The molecule has 0 aliphatic carbocycles. The molecule has 0 unspecified atom stereocenters. The Hall–Kier alpha value is -4.60. The maximum absolute atomic E-state index is 14.2. The molecule has 0 saturated heterocycles. The van der Waals surface area contributed by atoms with Crippen LogP contribution in [0.5, 0.6) is 5.75 Å². The summed E-state index contributed by atoms with van der Waals surface area (Å²) in [5.41, 5.74) is 9.37. The summed E-state index contributed by atoms with van der Waals surface area (Å²) in [6.07, 6.45) is 2.87. The van der Waals surface area contributed by atoms with Gasteiger partial charge in [-0.2, -0.15) is 9.49 Å². The molecular weight excluding hydrogens is 466 g/mol. The van der Waals surface area contributed by atoms with Crippen LogP contribution < -0.4 is 10.5 Å². The third-order valence-electron chi connectivity index (χ3n) is 6.67. The van der Waals surface area contributed by atoms with Crippen LogP contribution in [0.1, 0.15) is 22.0 Å². The molecule has 0 radical (unpaired) electrons. The number of aromatic nitrogens is 4. The van der Waals surface area contributed by atoms with Crippen LogP contribution in [0.25, 0.3) is 32.9 Å². The molecule has 1 amide bonds. The smallest absolute Gasteiger partial charge is 0.254 e. The van der Waals surface area contributed by atoms with Gasteiger partial charge in [-0.05, 0) is 35.9 Å². The topological polar surface area (TPSA) is 99.2 Å². The summed E-state index contributed by atoms with van der Waals surface area (Å²) in [4.78, 5) is 22.9. The van der Waals surface area contributed by atoms with Gasteiger partial charge < -0.3 is 15.4 Å². The number of likely N-dealkylation sites (N-methyl/N-ethyl adjacent to an activating group) is 1. The normalized spacial score (nSPS) is 14.7. The Balaban J connectivity index is 1.33. The lowest BCUT2D eigenvalue weighted by atomic mass is 10.0. The highest BCUT2D eigenvalue weighted by atomic mass is 19.2. The van der Waals surface area contributed by atoms with Crippen LogP contribution >= 0.6 is 0 Å². The van der Waals surface area contributed by atoms with Gasteiger partial charge in [-0.25, -0.2) is 14.4 Å². The van der Waals surface area contributed by atoms with Crippen molar-refractivity contribution in [1.29, 1.82) is 0 Å². The first-order chi connectivity index (χ1) is 17.3. The Labute approximate surface area is 203 Å². The highest BCUT2D eigenvalue weighted by Gasteiger charge is 2.31. The summed E-state index contributed by atoms with van der Waals surface area (Å²) in [6.45, 7) is 0.242. The van der Waals surface area contributed by atoms with Gasteiger partial charge >= 0.3 is 0 Å². The van der Waals surface area contributed by atoms with Gasteiger partial charge in [0, 0.05) is 42.4 Å². The Morgan fingerprint density at radius 3 is 2.83 bits per heavy atom. The molecule has 8 nitrogen and oxygen atoms in total. The van der Waals surface area contributed by atoms with Crippen LogP contribution in [0.15, 0.2) is 54.9 Å². The second kappa shape index (κ2) is 7.98. The van der Waals surface area contributed by atoms with Crippen molar-refractivity contribution in [3.63, 3.8) is 0 Å². The predicted molar refractivity (Wildman–Crippen MR) is 130 cm³/mol. The van der Waals surface area contributed by atoms with E-state index in [1.54, 1.807) is 59.2 Å². The number of hydrogen-bond acceptors (Lipinski definition) is 6. The van der Waals surface area contributed by atoms with Gasteiger partial charge in [-0.3, -0.25) is 9.48 Å². The van der Waals surface area contributed by atoms with E-state index < -0.39 is 11.8 Å². The number of nitrogens with two attached hydrogens (primary N) is 1. The second-order valence-corrected chi connectivity index (χ2v) is 8.72. The van der Waals surface area contributed by atoms with Gasteiger partial charge in [0.15, 0.2) is 5.82 Å². The first kappa shape index (κ1) is 21.9. The molecule has 180 valence electrons. The molecule has 6 rings (SSSR count). The van der Waals surface area contributed by atoms with Crippen LogP contribution in [0.4, 0.5) is 14.6 Å². The number of fused-ring (bicyclic) bond motifs is 4. The largest absolute Gasteiger partial charge is 0.491 e. The minimum absolute atomic E-state index is 0.0914. The van der Waals surface area contributed by atoms with E-state index in [2.05, 4.69) is 15.1 Å². The van der Waals surface area contributed by atoms with E-state index in [9.17, 15) is 13.6 Å².